The van der Waals surface area contributed by atoms with Gasteiger partial charge in [0, 0.05) is 37.8 Å². The smallest absolute Gasteiger partial charge is 0.220 e. The van der Waals surface area contributed by atoms with E-state index in [0.717, 1.165) is 26.1 Å². The lowest BCUT2D eigenvalue weighted by atomic mass is 9.87. The molecule has 1 heterocycles. The molecule has 0 saturated carbocycles. The van der Waals surface area contributed by atoms with E-state index in [1.54, 1.807) is 0 Å². The first-order valence-electron chi connectivity index (χ1n) is 8.97. The number of hydrogen-bond acceptors (Lipinski definition) is 3. The third-order valence-electron chi connectivity index (χ3n) is 4.59. The van der Waals surface area contributed by atoms with Crippen molar-refractivity contribution in [3.8, 4) is 0 Å². The highest BCUT2D eigenvalue weighted by Crippen LogP contribution is 2.25. The van der Waals surface area contributed by atoms with Crippen LogP contribution in [0.1, 0.15) is 58.6 Å². The maximum absolute atomic E-state index is 12.2. The van der Waals surface area contributed by atoms with Crippen LogP contribution in [0, 0.1) is 5.41 Å². The van der Waals surface area contributed by atoms with Gasteiger partial charge in [-0.05, 0) is 30.7 Å². The topological polar surface area (TPSA) is 50.4 Å². The minimum atomic E-state index is -0.0962. The average Bonchev–Trinajstić information content (AvgIpc) is 2.53. The second-order valence-electron chi connectivity index (χ2n) is 8.18. The summed E-state index contributed by atoms with van der Waals surface area (Å²) in [6.45, 7) is 10.6. The van der Waals surface area contributed by atoms with Crippen molar-refractivity contribution in [1.82, 2.24) is 10.6 Å². The molecule has 1 aliphatic rings. The molecule has 0 radical (unpaired) electrons. The number of ether oxygens (including phenoxy) is 1. The molecule has 0 unspecified atom stereocenters. The highest BCUT2D eigenvalue weighted by atomic mass is 16.5. The molecule has 1 atom stereocenters. The third kappa shape index (κ3) is 5.91. The Bertz CT molecular complexity index is 516. The molecule has 4 heteroatoms. The summed E-state index contributed by atoms with van der Waals surface area (Å²) in [5.41, 5.74) is 1.18. The zero-order valence-electron chi connectivity index (χ0n) is 15.5. The molecule has 1 fully saturated rings. The summed E-state index contributed by atoms with van der Waals surface area (Å²) in [6, 6.07) is 10.7. The molecule has 4 nitrogen and oxygen atoms in total. The number of nitrogens with one attached hydrogen (secondary N) is 2. The van der Waals surface area contributed by atoms with Crippen LogP contribution in [0.4, 0.5) is 0 Å². The van der Waals surface area contributed by atoms with Gasteiger partial charge in [0.2, 0.25) is 5.91 Å². The van der Waals surface area contributed by atoms with Crippen molar-refractivity contribution in [2.75, 3.05) is 19.8 Å². The van der Waals surface area contributed by atoms with Crippen molar-refractivity contribution in [3.63, 3.8) is 0 Å². The highest BCUT2D eigenvalue weighted by Gasteiger charge is 2.34. The number of benzene rings is 1. The van der Waals surface area contributed by atoms with Crippen LogP contribution >= 0.6 is 0 Å². The first kappa shape index (κ1) is 18.9. The molecule has 1 aromatic rings. The maximum atomic E-state index is 12.2. The van der Waals surface area contributed by atoms with Gasteiger partial charge in [0.1, 0.15) is 0 Å². The number of amides is 1. The molecule has 0 spiro atoms. The van der Waals surface area contributed by atoms with E-state index in [1.165, 1.54) is 5.56 Å². The Morgan fingerprint density at radius 2 is 1.83 bits per heavy atom. The molecule has 1 aromatic carbocycles. The van der Waals surface area contributed by atoms with E-state index in [4.69, 9.17) is 4.74 Å². The normalized spacial score (nSPS) is 18.8. The van der Waals surface area contributed by atoms with Gasteiger partial charge in [0.05, 0.1) is 0 Å². The van der Waals surface area contributed by atoms with Gasteiger partial charge in [0.15, 0.2) is 0 Å². The molecule has 2 N–H and O–H groups in total. The van der Waals surface area contributed by atoms with Crippen LogP contribution in [0.25, 0.3) is 0 Å². The van der Waals surface area contributed by atoms with Gasteiger partial charge in [-0.2, -0.15) is 0 Å². The van der Waals surface area contributed by atoms with Gasteiger partial charge in [-0.3, -0.25) is 4.79 Å². The lowest BCUT2D eigenvalue weighted by Gasteiger charge is -2.40. The molecule has 1 saturated heterocycles. The van der Waals surface area contributed by atoms with E-state index in [-0.39, 0.29) is 22.9 Å². The average molecular weight is 332 g/mol. The van der Waals surface area contributed by atoms with Crippen molar-refractivity contribution >= 4 is 5.91 Å². The summed E-state index contributed by atoms with van der Waals surface area (Å²) in [4.78, 5) is 12.2. The minimum Gasteiger partial charge on any atom is -0.381 e. The Kier molecular flexibility index (Phi) is 6.41. The van der Waals surface area contributed by atoms with Crippen LogP contribution in [0.15, 0.2) is 30.3 Å². The first-order valence-corrected chi connectivity index (χ1v) is 8.97. The van der Waals surface area contributed by atoms with Gasteiger partial charge in [0.25, 0.3) is 0 Å². The fraction of sp³-hybridized carbons (Fsp3) is 0.650. The van der Waals surface area contributed by atoms with E-state index in [1.807, 2.05) is 6.07 Å². The monoisotopic (exact) mass is 332 g/mol. The second kappa shape index (κ2) is 8.13. The Morgan fingerprint density at radius 1 is 1.21 bits per heavy atom. The number of carbonyl (C=O) groups is 1. The molecule has 134 valence electrons. The molecule has 1 amide bonds. The van der Waals surface area contributed by atoms with Crippen molar-refractivity contribution in [3.05, 3.63) is 35.9 Å². The highest BCUT2D eigenvalue weighted by molar-refractivity contribution is 5.76. The minimum absolute atomic E-state index is 0.0116. The van der Waals surface area contributed by atoms with E-state index >= 15 is 0 Å². The predicted molar refractivity (Wildman–Crippen MR) is 97.9 cm³/mol. The molecular weight excluding hydrogens is 300 g/mol. The van der Waals surface area contributed by atoms with E-state index in [2.05, 4.69) is 62.6 Å². The van der Waals surface area contributed by atoms with Crippen molar-refractivity contribution in [2.45, 2.75) is 58.5 Å². The molecule has 0 aromatic heterocycles. The largest absolute Gasteiger partial charge is 0.381 e. The van der Waals surface area contributed by atoms with Crippen molar-refractivity contribution in [1.29, 1.82) is 0 Å². The Balaban J connectivity index is 1.99. The van der Waals surface area contributed by atoms with Crippen molar-refractivity contribution < 1.29 is 9.53 Å². The molecule has 0 bridgehead atoms. The summed E-state index contributed by atoms with van der Waals surface area (Å²) >= 11 is 0. The summed E-state index contributed by atoms with van der Waals surface area (Å²) in [5.74, 6) is 0.127. The Hall–Kier alpha value is -1.39. The van der Waals surface area contributed by atoms with Crippen LogP contribution in [0.2, 0.25) is 0 Å². The summed E-state index contributed by atoms with van der Waals surface area (Å²) < 4.78 is 5.55. The molecule has 0 aliphatic carbocycles. The third-order valence-corrected chi connectivity index (χ3v) is 4.59. The Labute approximate surface area is 146 Å². The van der Waals surface area contributed by atoms with Gasteiger partial charge >= 0.3 is 0 Å². The second-order valence-corrected chi connectivity index (χ2v) is 8.18. The van der Waals surface area contributed by atoms with Gasteiger partial charge < -0.3 is 15.4 Å². The fourth-order valence-corrected chi connectivity index (χ4v) is 3.23. The summed E-state index contributed by atoms with van der Waals surface area (Å²) in [6.07, 6.45) is 2.38. The van der Waals surface area contributed by atoms with E-state index < -0.39 is 0 Å². The zero-order valence-corrected chi connectivity index (χ0v) is 15.5. The number of carbonyl (C=O) groups excluding carboxylic acids is 1. The SMILES string of the molecule is C[C@@H](NC1(CNC(=O)CC(C)(C)C)CCOCC1)c1ccccc1. The van der Waals surface area contributed by atoms with Crippen LogP contribution in [-0.2, 0) is 9.53 Å². The van der Waals surface area contributed by atoms with Crippen LogP contribution in [0.5, 0.6) is 0 Å². The number of rotatable bonds is 6. The molecular formula is C20H32N2O2. The lowest BCUT2D eigenvalue weighted by molar-refractivity contribution is -0.123. The summed E-state index contributed by atoms with van der Waals surface area (Å²) in [7, 11) is 0. The quantitative estimate of drug-likeness (QED) is 0.839. The predicted octanol–water partition coefficient (Wildman–Crippen LogP) is 3.44. The van der Waals surface area contributed by atoms with Crippen molar-refractivity contribution in [2.24, 2.45) is 5.41 Å². The van der Waals surface area contributed by atoms with Crippen LogP contribution in [-0.4, -0.2) is 31.2 Å². The Morgan fingerprint density at radius 3 is 2.42 bits per heavy atom. The van der Waals surface area contributed by atoms with Gasteiger partial charge in [-0.15, -0.1) is 0 Å². The maximum Gasteiger partial charge on any atom is 0.220 e. The van der Waals surface area contributed by atoms with E-state index in [9.17, 15) is 4.79 Å². The van der Waals surface area contributed by atoms with Gasteiger partial charge in [-0.1, -0.05) is 51.1 Å². The number of hydrogen-bond donors (Lipinski definition) is 2. The fourth-order valence-electron chi connectivity index (χ4n) is 3.23. The zero-order chi connectivity index (χ0) is 17.6. The van der Waals surface area contributed by atoms with Crippen LogP contribution < -0.4 is 10.6 Å². The molecule has 1 aliphatic heterocycles. The van der Waals surface area contributed by atoms with Gasteiger partial charge in [-0.25, -0.2) is 0 Å². The van der Waals surface area contributed by atoms with E-state index in [0.29, 0.717) is 13.0 Å². The standard InChI is InChI=1S/C20H32N2O2/c1-16(17-8-6-5-7-9-17)22-20(10-12-24-13-11-20)15-21-18(23)14-19(2,3)4/h5-9,16,22H,10-15H2,1-4H3,(H,21,23)/t16-/m1/s1. The lowest BCUT2D eigenvalue weighted by Crippen LogP contribution is -2.57. The summed E-state index contributed by atoms with van der Waals surface area (Å²) in [5, 5.41) is 6.92. The van der Waals surface area contributed by atoms with Crippen LogP contribution in [0.3, 0.4) is 0 Å². The first-order chi connectivity index (χ1) is 11.3. The molecule has 24 heavy (non-hydrogen) atoms. The molecule has 2 rings (SSSR count).